The van der Waals surface area contributed by atoms with Crippen LogP contribution in [0.1, 0.15) is 38.2 Å². The summed E-state index contributed by atoms with van der Waals surface area (Å²) in [5.74, 6) is 0.833. The molecule has 0 spiro atoms. The van der Waals surface area contributed by atoms with Crippen LogP contribution in [0.4, 0.5) is 5.69 Å². The van der Waals surface area contributed by atoms with E-state index in [1.54, 1.807) is 0 Å². The van der Waals surface area contributed by atoms with Crippen LogP contribution in [-0.4, -0.2) is 6.04 Å². The Bertz CT molecular complexity index is 356. The normalized spacial score (nSPS) is 18.7. The monoisotopic (exact) mass is 237 g/mol. The molecule has 2 rings (SSSR count). The van der Waals surface area contributed by atoms with Crippen LogP contribution in [-0.2, 0) is 0 Å². The molecule has 1 atom stereocenters. The zero-order valence-corrected chi connectivity index (χ0v) is 10.8. The molecule has 0 bridgehead atoms. The van der Waals surface area contributed by atoms with Crippen LogP contribution in [0.5, 0.6) is 0 Å². The van der Waals surface area contributed by atoms with Crippen LogP contribution in [0.25, 0.3) is 0 Å². The molecule has 0 radical (unpaired) electrons. The fourth-order valence-corrected chi connectivity index (χ4v) is 2.70. The molecule has 0 amide bonds. The second kappa shape index (κ2) is 5.09. The molecule has 1 unspecified atom stereocenters. The van der Waals surface area contributed by atoms with Crippen LogP contribution >= 0.6 is 11.6 Å². The minimum absolute atomic E-state index is 0.557. The molecule has 1 nitrogen and oxygen atoms in total. The lowest BCUT2D eigenvalue weighted by Crippen LogP contribution is -2.23. The average molecular weight is 238 g/mol. The molecule has 1 N–H and O–H groups in total. The van der Waals surface area contributed by atoms with E-state index in [4.69, 9.17) is 11.6 Å². The maximum atomic E-state index is 6.12. The van der Waals surface area contributed by atoms with Gasteiger partial charge in [-0.05, 0) is 50.3 Å². The van der Waals surface area contributed by atoms with Gasteiger partial charge in [-0.3, -0.25) is 0 Å². The van der Waals surface area contributed by atoms with E-state index in [2.05, 4.69) is 24.4 Å². The third-order valence-electron chi connectivity index (χ3n) is 3.67. The molecule has 0 saturated heterocycles. The summed E-state index contributed by atoms with van der Waals surface area (Å²) in [6, 6.07) is 6.78. The highest BCUT2D eigenvalue weighted by Gasteiger charge is 2.21. The Labute approximate surface area is 103 Å². The van der Waals surface area contributed by atoms with Gasteiger partial charge in [0.05, 0.1) is 0 Å². The Morgan fingerprint density at radius 3 is 2.62 bits per heavy atom. The van der Waals surface area contributed by atoms with E-state index in [-0.39, 0.29) is 0 Å². The number of aryl methyl sites for hydroxylation is 1. The van der Waals surface area contributed by atoms with E-state index in [0.29, 0.717) is 6.04 Å². The van der Waals surface area contributed by atoms with E-state index < -0.39 is 0 Å². The Morgan fingerprint density at radius 2 is 2.00 bits per heavy atom. The molecule has 1 aromatic carbocycles. The smallest absolute Gasteiger partial charge is 0.0455 e. The Morgan fingerprint density at radius 1 is 1.31 bits per heavy atom. The molecule has 0 aliphatic heterocycles. The molecule has 1 saturated carbocycles. The summed E-state index contributed by atoms with van der Waals surface area (Å²) in [6.07, 6.45) is 5.53. The lowest BCUT2D eigenvalue weighted by Gasteiger charge is -2.21. The fraction of sp³-hybridized carbons (Fsp3) is 0.571. The first-order valence-electron chi connectivity index (χ1n) is 6.19. The quantitative estimate of drug-likeness (QED) is 0.808. The highest BCUT2D eigenvalue weighted by atomic mass is 35.5. The van der Waals surface area contributed by atoms with Crippen molar-refractivity contribution < 1.29 is 0 Å². The summed E-state index contributed by atoms with van der Waals surface area (Å²) >= 11 is 6.12. The van der Waals surface area contributed by atoms with Crippen molar-refractivity contribution in [1.82, 2.24) is 0 Å². The van der Waals surface area contributed by atoms with E-state index in [1.807, 2.05) is 13.0 Å². The molecule has 1 aliphatic carbocycles. The molecule has 1 aliphatic rings. The lowest BCUT2D eigenvalue weighted by molar-refractivity contribution is 0.482. The minimum Gasteiger partial charge on any atom is -0.382 e. The van der Waals surface area contributed by atoms with Gasteiger partial charge in [0.2, 0.25) is 0 Å². The Balaban J connectivity index is 1.99. The number of nitrogens with one attached hydrogen (secondary N) is 1. The molecule has 0 aromatic heterocycles. The first-order valence-corrected chi connectivity index (χ1v) is 6.57. The summed E-state index contributed by atoms with van der Waals surface area (Å²) in [6.45, 7) is 4.32. The molecule has 1 fully saturated rings. The Hall–Kier alpha value is -0.690. The lowest BCUT2D eigenvalue weighted by atomic mass is 9.99. The SMILES string of the molecule is Cc1ccc(NC(C)C2CCCC2)cc1Cl. The molecule has 16 heavy (non-hydrogen) atoms. The predicted octanol–water partition coefficient (Wildman–Crippen LogP) is 4.64. The van der Waals surface area contributed by atoms with Crippen LogP contribution in [0.2, 0.25) is 5.02 Å². The summed E-state index contributed by atoms with van der Waals surface area (Å²) in [4.78, 5) is 0. The van der Waals surface area contributed by atoms with E-state index in [0.717, 1.165) is 22.2 Å². The summed E-state index contributed by atoms with van der Waals surface area (Å²) < 4.78 is 0. The minimum atomic E-state index is 0.557. The van der Waals surface area contributed by atoms with Gasteiger partial charge < -0.3 is 5.32 Å². The van der Waals surface area contributed by atoms with Crippen molar-refractivity contribution in [2.45, 2.75) is 45.6 Å². The zero-order valence-electron chi connectivity index (χ0n) is 10.1. The van der Waals surface area contributed by atoms with E-state index in [9.17, 15) is 0 Å². The van der Waals surface area contributed by atoms with Gasteiger partial charge in [-0.2, -0.15) is 0 Å². The molecular weight excluding hydrogens is 218 g/mol. The van der Waals surface area contributed by atoms with Crippen molar-refractivity contribution in [3.63, 3.8) is 0 Å². The van der Waals surface area contributed by atoms with Crippen molar-refractivity contribution >= 4 is 17.3 Å². The maximum Gasteiger partial charge on any atom is 0.0455 e. The number of hydrogen-bond acceptors (Lipinski definition) is 1. The van der Waals surface area contributed by atoms with Gasteiger partial charge >= 0.3 is 0 Å². The van der Waals surface area contributed by atoms with Crippen molar-refractivity contribution in [3.8, 4) is 0 Å². The van der Waals surface area contributed by atoms with Gasteiger partial charge in [0.1, 0.15) is 0 Å². The number of hydrogen-bond donors (Lipinski definition) is 1. The fourth-order valence-electron chi connectivity index (χ4n) is 2.52. The predicted molar refractivity (Wildman–Crippen MR) is 71.2 cm³/mol. The van der Waals surface area contributed by atoms with Gasteiger partial charge in [0.15, 0.2) is 0 Å². The van der Waals surface area contributed by atoms with Gasteiger partial charge in [-0.25, -0.2) is 0 Å². The van der Waals surface area contributed by atoms with Crippen LogP contribution in [0.15, 0.2) is 18.2 Å². The van der Waals surface area contributed by atoms with Gasteiger partial charge in [-0.1, -0.05) is 30.5 Å². The first-order chi connectivity index (χ1) is 7.66. The van der Waals surface area contributed by atoms with Crippen molar-refractivity contribution in [1.29, 1.82) is 0 Å². The van der Waals surface area contributed by atoms with E-state index in [1.165, 1.54) is 25.7 Å². The largest absolute Gasteiger partial charge is 0.382 e. The molecule has 2 heteroatoms. The van der Waals surface area contributed by atoms with Gasteiger partial charge in [-0.15, -0.1) is 0 Å². The standard InChI is InChI=1S/C14H20ClN/c1-10-7-8-13(9-14(10)15)16-11(2)12-5-3-4-6-12/h7-9,11-12,16H,3-6H2,1-2H3. The molecular formula is C14H20ClN. The third-order valence-corrected chi connectivity index (χ3v) is 4.08. The van der Waals surface area contributed by atoms with E-state index >= 15 is 0 Å². The second-order valence-electron chi connectivity index (χ2n) is 4.94. The van der Waals surface area contributed by atoms with Crippen LogP contribution < -0.4 is 5.32 Å². The maximum absolute atomic E-state index is 6.12. The molecule has 1 aromatic rings. The zero-order chi connectivity index (χ0) is 11.5. The van der Waals surface area contributed by atoms with Crippen LogP contribution in [0, 0.1) is 12.8 Å². The number of anilines is 1. The van der Waals surface area contributed by atoms with Crippen LogP contribution in [0.3, 0.4) is 0 Å². The van der Waals surface area contributed by atoms with Crippen molar-refractivity contribution in [2.24, 2.45) is 5.92 Å². The summed E-state index contributed by atoms with van der Waals surface area (Å²) in [5.41, 5.74) is 2.29. The second-order valence-corrected chi connectivity index (χ2v) is 5.35. The summed E-state index contributed by atoms with van der Waals surface area (Å²) in [5, 5.41) is 4.42. The number of rotatable bonds is 3. The molecule has 88 valence electrons. The highest BCUT2D eigenvalue weighted by Crippen LogP contribution is 2.30. The topological polar surface area (TPSA) is 12.0 Å². The Kier molecular flexibility index (Phi) is 3.75. The summed E-state index contributed by atoms with van der Waals surface area (Å²) in [7, 11) is 0. The molecule has 0 heterocycles. The van der Waals surface area contributed by atoms with Gasteiger partial charge in [0.25, 0.3) is 0 Å². The average Bonchev–Trinajstić information content (AvgIpc) is 2.77. The highest BCUT2D eigenvalue weighted by molar-refractivity contribution is 6.31. The number of halogens is 1. The first kappa shape index (κ1) is 11.8. The third kappa shape index (κ3) is 2.70. The van der Waals surface area contributed by atoms with Crippen molar-refractivity contribution in [3.05, 3.63) is 28.8 Å². The van der Waals surface area contributed by atoms with Gasteiger partial charge in [0, 0.05) is 16.8 Å². The van der Waals surface area contributed by atoms with Crippen molar-refractivity contribution in [2.75, 3.05) is 5.32 Å². The number of benzene rings is 1.